The number of pyridine rings is 1. The Balaban J connectivity index is 1.80. The van der Waals surface area contributed by atoms with Gasteiger partial charge in [-0.1, -0.05) is 47.1 Å². The van der Waals surface area contributed by atoms with Crippen molar-refractivity contribution >= 4 is 38.6 Å². The highest BCUT2D eigenvalue weighted by molar-refractivity contribution is 9.10. The number of benzene rings is 2. The Morgan fingerprint density at radius 3 is 2.55 bits per heavy atom. The van der Waals surface area contributed by atoms with E-state index in [0.29, 0.717) is 22.4 Å². The van der Waals surface area contributed by atoms with Gasteiger partial charge < -0.3 is 4.42 Å². The monoisotopic (exact) mass is 474 g/mol. The van der Waals surface area contributed by atoms with Crippen LogP contribution >= 0.6 is 15.9 Å². The van der Waals surface area contributed by atoms with Gasteiger partial charge in [0.15, 0.2) is 5.43 Å². The van der Waals surface area contributed by atoms with E-state index in [9.17, 15) is 9.59 Å². The number of fused-ring (bicyclic) bond motifs is 2. The lowest BCUT2D eigenvalue weighted by molar-refractivity contribution is 0.0970. The van der Waals surface area contributed by atoms with Crippen molar-refractivity contribution in [2.75, 3.05) is 4.90 Å². The van der Waals surface area contributed by atoms with Gasteiger partial charge in [-0.05, 0) is 60.4 Å². The van der Waals surface area contributed by atoms with Crippen molar-refractivity contribution in [3.05, 3.63) is 104 Å². The first-order chi connectivity index (χ1) is 15.0. The summed E-state index contributed by atoms with van der Waals surface area (Å²) in [5.74, 6) is 0.206. The van der Waals surface area contributed by atoms with Crippen LogP contribution in [0.25, 0.3) is 11.0 Å². The van der Waals surface area contributed by atoms with Crippen LogP contribution in [0.3, 0.4) is 0 Å². The van der Waals surface area contributed by atoms with Gasteiger partial charge in [0.25, 0.3) is 5.91 Å². The zero-order valence-electron chi connectivity index (χ0n) is 17.1. The minimum Gasteiger partial charge on any atom is -0.450 e. The molecule has 0 saturated heterocycles. The molecule has 0 aliphatic carbocycles. The van der Waals surface area contributed by atoms with Crippen LogP contribution in [0, 0.1) is 6.92 Å². The van der Waals surface area contributed by atoms with E-state index in [1.165, 1.54) is 5.56 Å². The molecule has 154 valence electrons. The fourth-order valence-corrected chi connectivity index (χ4v) is 4.45. The van der Waals surface area contributed by atoms with Gasteiger partial charge in [-0.15, -0.1) is 0 Å². The molecule has 0 spiro atoms. The van der Waals surface area contributed by atoms with Crippen LogP contribution in [-0.2, 0) is 6.42 Å². The molecule has 31 heavy (non-hydrogen) atoms. The van der Waals surface area contributed by atoms with Crippen LogP contribution in [0.5, 0.6) is 0 Å². The maximum absolute atomic E-state index is 13.6. The standard InChI is InChI=1S/C25H19BrN2O3/c1-3-15-4-6-16(7-5-15)22-21-23(29)18-13-17(26)8-9-19(18)31-24(21)25(30)28(22)20-12-14(2)10-11-27-20/h4-13,22H,3H2,1-2H3. The number of rotatable bonds is 3. The molecule has 1 aliphatic heterocycles. The molecular formula is C25H19BrN2O3. The number of carbonyl (C=O) groups is 1. The summed E-state index contributed by atoms with van der Waals surface area (Å²) in [6, 6.07) is 16.3. The van der Waals surface area contributed by atoms with E-state index in [1.807, 2.05) is 43.3 Å². The average molecular weight is 475 g/mol. The summed E-state index contributed by atoms with van der Waals surface area (Å²) < 4.78 is 6.77. The Bertz CT molecular complexity index is 1390. The smallest absolute Gasteiger partial charge is 0.296 e. The number of nitrogens with zero attached hydrogens (tertiary/aromatic N) is 2. The number of aromatic nitrogens is 1. The van der Waals surface area contributed by atoms with Gasteiger partial charge in [-0.25, -0.2) is 4.98 Å². The van der Waals surface area contributed by atoms with Crippen LogP contribution in [-0.4, -0.2) is 10.9 Å². The molecule has 1 amide bonds. The summed E-state index contributed by atoms with van der Waals surface area (Å²) in [5.41, 5.74) is 3.53. The Morgan fingerprint density at radius 1 is 1.06 bits per heavy atom. The van der Waals surface area contributed by atoms with Crippen LogP contribution < -0.4 is 10.3 Å². The number of halogens is 1. The fourth-order valence-electron chi connectivity index (χ4n) is 4.08. The van der Waals surface area contributed by atoms with E-state index >= 15 is 0 Å². The molecule has 0 bridgehead atoms. The molecule has 1 atom stereocenters. The number of carbonyl (C=O) groups excluding carboxylic acids is 1. The Kier molecular flexibility index (Phi) is 4.74. The van der Waals surface area contributed by atoms with E-state index in [0.717, 1.165) is 22.0 Å². The number of aryl methyl sites for hydroxylation is 2. The highest BCUT2D eigenvalue weighted by Crippen LogP contribution is 2.40. The van der Waals surface area contributed by atoms with Gasteiger partial charge in [-0.2, -0.15) is 0 Å². The lowest BCUT2D eigenvalue weighted by Gasteiger charge is -2.24. The van der Waals surface area contributed by atoms with Crippen molar-refractivity contribution in [2.45, 2.75) is 26.3 Å². The zero-order chi connectivity index (χ0) is 21.7. The summed E-state index contributed by atoms with van der Waals surface area (Å²) in [7, 11) is 0. The first kappa shape index (κ1) is 19.7. The molecule has 5 rings (SSSR count). The first-order valence-corrected chi connectivity index (χ1v) is 10.9. The minimum absolute atomic E-state index is 0.0766. The molecule has 0 N–H and O–H groups in total. The highest BCUT2D eigenvalue weighted by atomic mass is 79.9. The molecule has 1 aliphatic rings. The Morgan fingerprint density at radius 2 is 1.84 bits per heavy atom. The maximum atomic E-state index is 13.6. The van der Waals surface area contributed by atoms with Gasteiger partial charge in [0.1, 0.15) is 11.4 Å². The highest BCUT2D eigenvalue weighted by Gasteiger charge is 2.44. The van der Waals surface area contributed by atoms with Gasteiger partial charge in [-0.3, -0.25) is 14.5 Å². The predicted molar refractivity (Wildman–Crippen MR) is 124 cm³/mol. The number of hydrogen-bond acceptors (Lipinski definition) is 4. The molecule has 1 unspecified atom stereocenters. The SMILES string of the molecule is CCc1ccc(C2c3c(oc4ccc(Br)cc4c3=O)C(=O)N2c2cc(C)ccn2)cc1. The summed E-state index contributed by atoms with van der Waals surface area (Å²) in [6.45, 7) is 4.03. The van der Waals surface area contributed by atoms with E-state index in [-0.39, 0.29) is 17.1 Å². The Labute approximate surface area is 187 Å². The third-order valence-electron chi connectivity index (χ3n) is 5.68. The predicted octanol–water partition coefficient (Wildman–Crippen LogP) is 5.57. The summed E-state index contributed by atoms with van der Waals surface area (Å²) in [6.07, 6.45) is 2.57. The molecule has 2 aromatic heterocycles. The molecule has 5 nitrogen and oxygen atoms in total. The zero-order valence-corrected chi connectivity index (χ0v) is 18.6. The normalized spacial score (nSPS) is 15.5. The molecule has 6 heteroatoms. The fraction of sp³-hybridized carbons (Fsp3) is 0.160. The average Bonchev–Trinajstić information content (AvgIpc) is 3.07. The van der Waals surface area contributed by atoms with Crippen molar-refractivity contribution in [2.24, 2.45) is 0 Å². The van der Waals surface area contributed by atoms with E-state index < -0.39 is 6.04 Å². The molecule has 0 saturated carbocycles. The van der Waals surface area contributed by atoms with Crippen LogP contribution in [0.1, 0.15) is 45.8 Å². The number of hydrogen-bond donors (Lipinski definition) is 0. The van der Waals surface area contributed by atoms with Gasteiger partial charge in [0.05, 0.1) is 17.0 Å². The minimum atomic E-state index is -0.609. The summed E-state index contributed by atoms with van der Waals surface area (Å²) in [5, 5.41) is 0.440. The van der Waals surface area contributed by atoms with Gasteiger partial charge in [0.2, 0.25) is 5.76 Å². The van der Waals surface area contributed by atoms with Crippen molar-refractivity contribution in [3.63, 3.8) is 0 Å². The molecule has 4 aromatic rings. The lowest BCUT2D eigenvalue weighted by Crippen LogP contribution is -2.30. The van der Waals surface area contributed by atoms with Crippen molar-refractivity contribution in [1.82, 2.24) is 4.98 Å². The maximum Gasteiger partial charge on any atom is 0.296 e. The quantitative estimate of drug-likeness (QED) is 0.389. The molecule has 0 fully saturated rings. The van der Waals surface area contributed by atoms with E-state index in [2.05, 4.69) is 27.8 Å². The molecule has 0 radical (unpaired) electrons. The third-order valence-corrected chi connectivity index (χ3v) is 6.18. The first-order valence-electron chi connectivity index (χ1n) is 10.1. The van der Waals surface area contributed by atoms with Gasteiger partial charge in [0, 0.05) is 10.7 Å². The van der Waals surface area contributed by atoms with Crippen molar-refractivity contribution in [1.29, 1.82) is 0 Å². The second-order valence-electron chi connectivity index (χ2n) is 7.68. The van der Waals surface area contributed by atoms with E-state index in [1.54, 1.807) is 29.3 Å². The topological polar surface area (TPSA) is 63.4 Å². The summed E-state index contributed by atoms with van der Waals surface area (Å²) >= 11 is 3.42. The second kappa shape index (κ2) is 7.46. The van der Waals surface area contributed by atoms with Crippen LogP contribution in [0.2, 0.25) is 0 Å². The molecular weight excluding hydrogens is 456 g/mol. The van der Waals surface area contributed by atoms with E-state index in [4.69, 9.17) is 4.42 Å². The van der Waals surface area contributed by atoms with Crippen LogP contribution in [0.15, 0.2) is 74.5 Å². The Hall–Kier alpha value is -3.25. The summed E-state index contributed by atoms with van der Waals surface area (Å²) in [4.78, 5) is 33.1. The number of anilines is 1. The second-order valence-corrected chi connectivity index (χ2v) is 8.59. The van der Waals surface area contributed by atoms with Crippen molar-refractivity contribution in [3.8, 4) is 0 Å². The lowest BCUT2D eigenvalue weighted by atomic mass is 9.97. The third kappa shape index (κ3) is 3.18. The van der Waals surface area contributed by atoms with Crippen molar-refractivity contribution < 1.29 is 9.21 Å². The largest absolute Gasteiger partial charge is 0.450 e. The molecule has 3 heterocycles. The molecule has 2 aromatic carbocycles. The number of amides is 1. The van der Waals surface area contributed by atoms with Gasteiger partial charge >= 0.3 is 0 Å². The van der Waals surface area contributed by atoms with Crippen LogP contribution in [0.4, 0.5) is 5.82 Å².